The van der Waals surface area contributed by atoms with E-state index in [1.54, 1.807) is 12.1 Å². The van der Waals surface area contributed by atoms with E-state index in [2.05, 4.69) is 0 Å². The number of hydrogen-bond donors (Lipinski definition) is 4. The van der Waals surface area contributed by atoms with Crippen LogP contribution in [0, 0.1) is 10.8 Å². The molecule has 4 rings (SSSR count). The van der Waals surface area contributed by atoms with Crippen LogP contribution in [0.4, 0.5) is 5.69 Å². The molecule has 2 aromatic carbocycles. The lowest BCUT2D eigenvalue weighted by atomic mass is 9.68. The number of rotatable bonds is 6. The number of hydrogen-bond acceptors (Lipinski definition) is 4. The largest absolute Gasteiger partial charge is 0.481 e. The van der Waals surface area contributed by atoms with Crippen LogP contribution in [0.3, 0.4) is 0 Å². The number of carbonyl (C=O) groups is 2. The van der Waals surface area contributed by atoms with Gasteiger partial charge in [0.1, 0.15) is 11.3 Å². The van der Waals surface area contributed by atoms with E-state index in [-0.39, 0.29) is 18.0 Å². The number of carboxylic acid groups (broad SMARTS) is 2. The summed E-state index contributed by atoms with van der Waals surface area (Å²) < 4.78 is 0. The monoisotopic (exact) mass is 417 g/mol. The van der Waals surface area contributed by atoms with Gasteiger partial charge >= 0.3 is 11.9 Å². The van der Waals surface area contributed by atoms with Gasteiger partial charge in [-0.25, -0.2) is 4.79 Å². The molecule has 0 fully saturated rings. The number of benzene rings is 2. The molecule has 0 amide bonds. The fraction of sp³-hybridized carbons (Fsp3) is 0.208. The second-order valence-electron chi connectivity index (χ2n) is 7.93. The van der Waals surface area contributed by atoms with Gasteiger partial charge in [-0.1, -0.05) is 48.6 Å². The maximum Gasteiger partial charge on any atom is 0.335 e. The maximum absolute atomic E-state index is 12.7. The van der Waals surface area contributed by atoms with Crippen molar-refractivity contribution in [3.63, 3.8) is 0 Å². The van der Waals surface area contributed by atoms with Crippen LogP contribution >= 0.6 is 0 Å². The number of amidine groups is 1. The Balaban J connectivity index is 1.78. The highest BCUT2D eigenvalue weighted by atomic mass is 16.4. The van der Waals surface area contributed by atoms with E-state index in [1.165, 1.54) is 12.2 Å². The zero-order valence-electron chi connectivity index (χ0n) is 16.8. The summed E-state index contributed by atoms with van der Waals surface area (Å²) in [4.78, 5) is 26.4. The van der Waals surface area contributed by atoms with Crippen LogP contribution in [-0.2, 0) is 16.0 Å². The Hall–Kier alpha value is -3.87. The number of aliphatic carboxylic acids is 2. The average Bonchev–Trinajstić information content (AvgIpc) is 3.15. The molecule has 2 unspecified atom stereocenters. The third-order valence-corrected chi connectivity index (χ3v) is 6.07. The standard InChI is InChI=1S/C24H23N3O4/c25-21(26)17-7-9-20-16(12-17)10-11-27(20)14-24(23(30)31)13-18(22(28)29)6-8-19(24)15-4-2-1-3-5-15/h1-9,12-13,19H,10-11,14H2,(H3,25,26)(H,28,29)(H,30,31). The predicted octanol–water partition coefficient (Wildman–Crippen LogP) is 2.77. The van der Waals surface area contributed by atoms with Crippen molar-refractivity contribution in [2.24, 2.45) is 11.1 Å². The fourth-order valence-corrected chi connectivity index (χ4v) is 4.51. The van der Waals surface area contributed by atoms with Gasteiger partial charge in [0.2, 0.25) is 0 Å². The predicted molar refractivity (Wildman–Crippen MR) is 117 cm³/mol. The van der Waals surface area contributed by atoms with E-state index < -0.39 is 23.3 Å². The van der Waals surface area contributed by atoms with Gasteiger partial charge in [-0.2, -0.15) is 0 Å². The summed E-state index contributed by atoms with van der Waals surface area (Å²) >= 11 is 0. The highest BCUT2D eigenvalue weighted by molar-refractivity contribution is 5.96. The molecular formula is C24H23N3O4. The molecule has 0 radical (unpaired) electrons. The molecule has 2 aliphatic rings. The number of nitrogens with one attached hydrogen (secondary N) is 1. The van der Waals surface area contributed by atoms with Gasteiger partial charge in [-0.3, -0.25) is 10.2 Å². The van der Waals surface area contributed by atoms with Crippen LogP contribution in [0.15, 0.2) is 72.3 Å². The molecule has 7 heteroatoms. The Morgan fingerprint density at radius 3 is 2.55 bits per heavy atom. The summed E-state index contributed by atoms with van der Waals surface area (Å²) in [5, 5.41) is 27.6. The first-order valence-corrected chi connectivity index (χ1v) is 9.97. The summed E-state index contributed by atoms with van der Waals surface area (Å²) in [6, 6.07) is 14.8. The second-order valence-corrected chi connectivity index (χ2v) is 7.93. The van der Waals surface area contributed by atoms with Crippen LogP contribution in [0.5, 0.6) is 0 Å². The van der Waals surface area contributed by atoms with E-state index in [9.17, 15) is 19.8 Å². The van der Waals surface area contributed by atoms with Crippen molar-refractivity contribution in [3.05, 3.63) is 89.0 Å². The number of allylic oxidation sites excluding steroid dienone is 1. The third kappa shape index (κ3) is 3.59. The smallest absolute Gasteiger partial charge is 0.335 e. The van der Waals surface area contributed by atoms with E-state index in [0.29, 0.717) is 18.5 Å². The van der Waals surface area contributed by atoms with E-state index in [0.717, 1.165) is 16.8 Å². The Kier molecular flexibility index (Phi) is 5.10. The summed E-state index contributed by atoms with van der Waals surface area (Å²) in [5.74, 6) is -2.76. The van der Waals surface area contributed by atoms with Gasteiger partial charge in [0.25, 0.3) is 0 Å². The number of anilines is 1. The van der Waals surface area contributed by atoms with Crippen molar-refractivity contribution >= 4 is 23.5 Å². The van der Waals surface area contributed by atoms with Crippen molar-refractivity contribution in [1.82, 2.24) is 0 Å². The first kappa shape index (κ1) is 20.4. The summed E-state index contributed by atoms with van der Waals surface area (Å²) in [6.45, 7) is 0.725. The van der Waals surface area contributed by atoms with Gasteiger partial charge in [0.15, 0.2) is 0 Å². The minimum Gasteiger partial charge on any atom is -0.481 e. The molecule has 7 nitrogen and oxygen atoms in total. The van der Waals surface area contributed by atoms with Crippen LogP contribution in [0.1, 0.15) is 22.6 Å². The molecule has 2 atom stereocenters. The van der Waals surface area contributed by atoms with E-state index in [1.807, 2.05) is 47.4 Å². The van der Waals surface area contributed by atoms with Crippen LogP contribution < -0.4 is 10.6 Å². The minimum atomic E-state index is -1.45. The molecule has 31 heavy (non-hydrogen) atoms. The Morgan fingerprint density at radius 1 is 1.16 bits per heavy atom. The molecule has 2 aromatic rings. The Bertz CT molecular complexity index is 1120. The molecular weight excluding hydrogens is 394 g/mol. The van der Waals surface area contributed by atoms with Crippen molar-refractivity contribution in [3.8, 4) is 0 Å². The second kappa shape index (κ2) is 7.75. The normalized spacial score (nSPS) is 22.0. The van der Waals surface area contributed by atoms with Gasteiger partial charge in [-0.05, 0) is 35.7 Å². The molecule has 0 bridgehead atoms. The average molecular weight is 417 g/mol. The maximum atomic E-state index is 12.7. The highest BCUT2D eigenvalue weighted by Gasteiger charge is 2.48. The van der Waals surface area contributed by atoms with Crippen molar-refractivity contribution in [2.75, 3.05) is 18.0 Å². The number of fused-ring (bicyclic) bond motifs is 1. The van der Waals surface area contributed by atoms with Gasteiger partial charge in [0.05, 0.1) is 5.57 Å². The number of nitrogens with zero attached hydrogens (tertiary/aromatic N) is 1. The van der Waals surface area contributed by atoms with Gasteiger partial charge in [-0.15, -0.1) is 0 Å². The molecule has 1 aliphatic carbocycles. The minimum absolute atomic E-state index is 0.0150. The SMILES string of the molecule is N=C(N)c1ccc2c(c1)CCN2CC1(C(=O)O)C=C(C(=O)O)C=CC1c1ccccc1. The van der Waals surface area contributed by atoms with Crippen molar-refractivity contribution < 1.29 is 19.8 Å². The Morgan fingerprint density at radius 2 is 1.90 bits per heavy atom. The molecule has 0 saturated carbocycles. The van der Waals surface area contributed by atoms with Crippen molar-refractivity contribution in [2.45, 2.75) is 12.3 Å². The topological polar surface area (TPSA) is 128 Å². The lowest BCUT2D eigenvalue weighted by Crippen LogP contribution is -2.46. The Labute approximate surface area is 179 Å². The lowest BCUT2D eigenvalue weighted by Gasteiger charge is -2.39. The molecule has 0 aromatic heterocycles. The number of carboxylic acids is 2. The molecule has 1 heterocycles. The van der Waals surface area contributed by atoms with Gasteiger partial charge < -0.3 is 20.8 Å². The van der Waals surface area contributed by atoms with Crippen LogP contribution in [-0.4, -0.2) is 41.1 Å². The highest BCUT2D eigenvalue weighted by Crippen LogP contribution is 2.45. The quantitative estimate of drug-likeness (QED) is 0.423. The first-order chi connectivity index (χ1) is 14.8. The molecule has 0 spiro atoms. The summed E-state index contributed by atoms with van der Waals surface area (Å²) in [7, 11) is 0. The summed E-state index contributed by atoms with van der Waals surface area (Å²) in [5.41, 5.74) is 7.45. The molecule has 0 saturated heterocycles. The lowest BCUT2D eigenvalue weighted by molar-refractivity contribution is -0.146. The zero-order valence-corrected chi connectivity index (χ0v) is 16.8. The zero-order chi connectivity index (χ0) is 22.2. The first-order valence-electron chi connectivity index (χ1n) is 9.97. The van der Waals surface area contributed by atoms with Crippen LogP contribution in [0.25, 0.3) is 0 Å². The number of nitrogens with two attached hydrogens (primary N) is 1. The van der Waals surface area contributed by atoms with Gasteiger partial charge in [0, 0.05) is 30.3 Å². The number of nitrogen functional groups attached to an aromatic ring is 1. The molecule has 158 valence electrons. The molecule has 5 N–H and O–H groups in total. The van der Waals surface area contributed by atoms with E-state index in [4.69, 9.17) is 11.1 Å². The van der Waals surface area contributed by atoms with Crippen LogP contribution in [0.2, 0.25) is 0 Å². The third-order valence-electron chi connectivity index (χ3n) is 6.07. The summed E-state index contributed by atoms with van der Waals surface area (Å²) in [6.07, 6.45) is 5.26. The fourth-order valence-electron chi connectivity index (χ4n) is 4.51. The van der Waals surface area contributed by atoms with E-state index >= 15 is 0 Å². The van der Waals surface area contributed by atoms with Crippen molar-refractivity contribution in [1.29, 1.82) is 5.41 Å². The molecule has 1 aliphatic heterocycles.